The van der Waals surface area contributed by atoms with Crippen LogP contribution in [0.25, 0.3) is 6.08 Å². The predicted octanol–water partition coefficient (Wildman–Crippen LogP) is 4.49. The zero-order valence-electron chi connectivity index (χ0n) is 13.3. The third kappa shape index (κ3) is 3.68. The maximum Gasteiger partial charge on any atom is 0.266 e. The summed E-state index contributed by atoms with van der Waals surface area (Å²) in [5.74, 6) is 0.716. The van der Waals surface area contributed by atoms with Crippen LogP contribution in [-0.4, -0.2) is 21.7 Å². The molecule has 0 bridgehead atoms. The molecule has 1 aliphatic rings. The molecule has 0 aromatic heterocycles. The lowest BCUT2D eigenvalue weighted by Gasteiger charge is -2.10. The van der Waals surface area contributed by atoms with Crippen LogP contribution in [0.3, 0.4) is 0 Å². The first kappa shape index (κ1) is 16.7. The second-order valence-corrected chi connectivity index (χ2v) is 6.91. The molecule has 3 rings (SSSR count). The molecule has 2 aromatic carbocycles. The summed E-state index contributed by atoms with van der Waals surface area (Å²) in [7, 11) is 0. The third-order valence-corrected chi connectivity index (χ3v) is 5.01. The summed E-state index contributed by atoms with van der Waals surface area (Å²) >= 11 is 6.59. The van der Waals surface area contributed by atoms with Crippen LogP contribution in [-0.2, 0) is 11.4 Å². The van der Waals surface area contributed by atoms with E-state index in [-0.39, 0.29) is 5.91 Å². The maximum atomic E-state index is 12.4. The van der Waals surface area contributed by atoms with Crippen molar-refractivity contribution in [2.24, 2.45) is 0 Å². The second kappa shape index (κ2) is 7.64. The fourth-order valence-corrected chi connectivity index (χ4v) is 3.76. The van der Waals surface area contributed by atoms with Crippen LogP contribution in [0.15, 0.2) is 59.5 Å². The normalized spacial score (nSPS) is 16.0. The molecule has 1 fully saturated rings. The number of thioether (sulfide) groups is 1. The van der Waals surface area contributed by atoms with Gasteiger partial charge in [-0.25, -0.2) is 0 Å². The molecule has 0 atom stereocenters. The Balaban J connectivity index is 1.81. The van der Waals surface area contributed by atoms with Gasteiger partial charge in [-0.1, -0.05) is 72.5 Å². The molecule has 0 aliphatic carbocycles. The Hall–Kier alpha value is -2.11. The van der Waals surface area contributed by atoms with Crippen molar-refractivity contribution in [3.63, 3.8) is 0 Å². The Bertz CT molecular complexity index is 787. The van der Waals surface area contributed by atoms with Gasteiger partial charge in [0.25, 0.3) is 5.91 Å². The summed E-state index contributed by atoms with van der Waals surface area (Å²) in [5, 5.41) is 0. The summed E-state index contributed by atoms with van der Waals surface area (Å²) in [6, 6.07) is 17.7. The minimum atomic E-state index is -0.0367. The highest BCUT2D eigenvalue weighted by molar-refractivity contribution is 8.26. The largest absolute Gasteiger partial charge is 0.488 e. The molecule has 1 aliphatic heterocycles. The van der Waals surface area contributed by atoms with Gasteiger partial charge in [0.1, 0.15) is 16.7 Å². The summed E-state index contributed by atoms with van der Waals surface area (Å²) in [4.78, 5) is 14.6. The van der Waals surface area contributed by atoms with E-state index in [1.807, 2.05) is 67.6 Å². The molecule has 1 amide bonds. The van der Waals surface area contributed by atoms with Crippen molar-refractivity contribution in [2.75, 3.05) is 6.54 Å². The summed E-state index contributed by atoms with van der Waals surface area (Å²) in [6.07, 6.45) is 1.86. The predicted molar refractivity (Wildman–Crippen MR) is 103 cm³/mol. The van der Waals surface area contributed by atoms with Crippen molar-refractivity contribution in [2.45, 2.75) is 13.5 Å². The van der Waals surface area contributed by atoms with Gasteiger partial charge < -0.3 is 4.74 Å². The number of nitrogens with zero attached hydrogens (tertiary/aromatic N) is 1. The molecule has 2 aromatic rings. The van der Waals surface area contributed by atoms with Crippen molar-refractivity contribution < 1.29 is 9.53 Å². The number of amides is 1. The Kier molecular flexibility index (Phi) is 5.33. The van der Waals surface area contributed by atoms with E-state index >= 15 is 0 Å². The Morgan fingerprint density at radius 2 is 1.83 bits per heavy atom. The summed E-state index contributed by atoms with van der Waals surface area (Å²) < 4.78 is 6.54. The molecule has 5 heteroatoms. The summed E-state index contributed by atoms with van der Waals surface area (Å²) in [5.41, 5.74) is 1.98. The first-order chi connectivity index (χ1) is 11.7. The van der Waals surface area contributed by atoms with E-state index in [4.69, 9.17) is 17.0 Å². The third-order valence-electron chi connectivity index (χ3n) is 3.63. The Morgan fingerprint density at radius 3 is 2.54 bits per heavy atom. The average molecular weight is 355 g/mol. The molecule has 0 N–H and O–H groups in total. The van der Waals surface area contributed by atoms with Gasteiger partial charge in [0.05, 0.1) is 4.91 Å². The number of thiocarbonyl (C=S) groups is 1. The van der Waals surface area contributed by atoms with E-state index in [1.165, 1.54) is 11.8 Å². The minimum Gasteiger partial charge on any atom is -0.488 e. The number of hydrogen-bond acceptors (Lipinski definition) is 4. The first-order valence-corrected chi connectivity index (χ1v) is 8.92. The average Bonchev–Trinajstić information content (AvgIpc) is 2.88. The Morgan fingerprint density at radius 1 is 1.12 bits per heavy atom. The quantitative estimate of drug-likeness (QED) is 0.584. The highest BCUT2D eigenvalue weighted by atomic mass is 32.2. The van der Waals surface area contributed by atoms with Crippen molar-refractivity contribution in [3.05, 3.63) is 70.6 Å². The van der Waals surface area contributed by atoms with Gasteiger partial charge in [-0.05, 0) is 24.6 Å². The van der Waals surface area contributed by atoms with Crippen molar-refractivity contribution in [1.29, 1.82) is 0 Å². The number of benzene rings is 2. The van der Waals surface area contributed by atoms with Crippen LogP contribution in [0.1, 0.15) is 18.1 Å². The van der Waals surface area contributed by atoms with Crippen molar-refractivity contribution in [1.82, 2.24) is 4.90 Å². The number of carbonyl (C=O) groups excluding carboxylic acids is 1. The molecular weight excluding hydrogens is 338 g/mol. The van der Waals surface area contributed by atoms with Gasteiger partial charge in [0.2, 0.25) is 0 Å². The number of para-hydroxylation sites is 1. The lowest BCUT2D eigenvalue weighted by molar-refractivity contribution is -0.121. The zero-order valence-corrected chi connectivity index (χ0v) is 14.9. The van der Waals surface area contributed by atoms with Crippen LogP contribution in [0.5, 0.6) is 5.75 Å². The second-order valence-electron chi connectivity index (χ2n) is 5.24. The van der Waals surface area contributed by atoms with E-state index in [0.717, 1.165) is 16.9 Å². The monoisotopic (exact) mass is 355 g/mol. The number of carbonyl (C=O) groups is 1. The van der Waals surface area contributed by atoms with E-state index in [2.05, 4.69) is 0 Å². The molecule has 1 saturated heterocycles. The molecule has 24 heavy (non-hydrogen) atoms. The van der Waals surface area contributed by atoms with Gasteiger partial charge in [-0.15, -0.1) is 0 Å². The van der Waals surface area contributed by atoms with Crippen molar-refractivity contribution in [3.8, 4) is 5.75 Å². The van der Waals surface area contributed by atoms with Crippen molar-refractivity contribution >= 4 is 40.3 Å². The summed E-state index contributed by atoms with van der Waals surface area (Å²) in [6.45, 7) is 3.00. The Labute approximate surface area is 151 Å². The van der Waals surface area contributed by atoms with Gasteiger partial charge in [0.15, 0.2) is 0 Å². The van der Waals surface area contributed by atoms with Gasteiger partial charge >= 0.3 is 0 Å². The smallest absolute Gasteiger partial charge is 0.266 e. The lowest BCUT2D eigenvalue weighted by Crippen LogP contribution is -2.27. The molecule has 0 spiro atoms. The topological polar surface area (TPSA) is 29.5 Å². The minimum absolute atomic E-state index is 0.0367. The van der Waals surface area contributed by atoms with E-state index < -0.39 is 0 Å². The van der Waals surface area contributed by atoms with Gasteiger partial charge in [-0.2, -0.15) is 0 Å². The van der Waals surface area contributed by atoms with Gasteiger partial charge in [-0.3, -0.25) is 9.69 Å². The first-order valence-electron chi connectivity index (χ1n) is 7.70. The molecular formula is C19H17NO2S2. The molecule has 1 heterocycles. The molecule has 0 unspecified atom stereocenters. The fourth-order valence-electron chi connectivity index (χ4n) is 2.38. The van der Waals surface area contributed by atoms with E-state index in [9.17, 15) is 4.79 Å². The maximum absolute atomic E-state index is 12.4. The van der Waals surface area contributed by atoms with E-state index in [1.54, 1.807) is 4.90 Å². The standard InChI is InChI=1S/C19H17NO2S2/c1-2-20-18(21)17(24-19(20)23)12-15-10-6-7-11-16(15)22-13-14-8-4-3-5-9-14/h3-12H,2,13H2,1H3/b17-12+. The van der Waals surface area contributed by atoms with Crippen LogP contribution < -0.4 is 4.74 Å². The molecule has 3 nitrogen and oxygen atoms in total. The lowest BCUT2D eigenvalue weighted by atomic mass is 10.1. The van der Waals surface area contributed by atoms with Crippen LogP contribution in [0, 0.1) is 0 Å². The zero-order chi connectivity index (χ0) is 16.9. The van der Waals surface area contributed by atoms with Crippen LogP contribution in [0.2, 0.25) is 0 Å². The number of likely N-dealkylation sites (N-methyl/N-ethyl adjacent to an activating group) is 1. The van der Waals surface area contributed by atoms with Crippen LogP contribution >= 0.6 is 24.0 Å². The SMILES string of the molecule is CCN1C(=O)/C(=C\c2ccccc2OCc2ccccc2)SC1=S. The number of ether oxygens (including phenoxy) is 1. The molecule has 0 radical (unpaired) electrons. The van der Waals surface area contributed by atoms with Gasteiger partial charge in [0, 0.05) is 12.1 Å². The van der Waals surface area contributed by atoms with Crippen LogP contribution in [0.4, 0.5) is 0 Å². The highest BCUT2D eigenvalue weighted by Crippen LogP contribution is 2.34. The fraction of sp³-hybridized carbons (Fsp3) is 0.158. The highest BCUT2D eigenvalue weighted by Gasteiger charge is 2.30. The molecule has 122 valence electrons. The number of hydrogen-bond donors (Lipinski definition) is 0. The van der Waals surface area contributed by atoms with E-state index in [0.29, 0.717) is 22.4 Å². The number of rotatable bonds is 5. The molecule has 0 saturated carbocycles.